The van der Waals surface area contributed by atoms with Gasteiger partial charge in [-0.25, -0.2) is 4.98 Å². The van der Waals surface area contributed by atoms with Crippen molar-refractivity contribution in [3.05, 3.63) is 53.1 Å². The number of H-pyrrole nitrogens is 1. The maximum absolute atomic E-state index is 13.0. The Morgan fingerprint density at radius 2 is 1.94 bits per heavy atom. The summed E-state index contributed by atoms with van der Waals surface area (Å²) in [6, 6.07) is 8.63. The van der Waals surface area contributed by atoms with Crippen LogP contribution in [0.4, 0.5) is 5.69 Å². The zero-order chi connectivity index (χ0) is 24.6. The number of hydrogen-bond donors (Lipinski definition) is 2. The van der Waals surface area contributed by atoms with Gasteiger partial charge in [0.1, 0.15) is 11.8 Å². The fraction of sp³-hybridized carbons (Fsp3) is 0.536. The first-order chi connectivity index (χ1) is 16.8. The van der Waals surface area contributed by atoms with Crippen LogP contribution in [0.5, 0.6) is 0 Å². The van der Waals surface area contributed by atoms with Gasteiger partial charge in [-0.05, 0) is 74.3 Å². The van der Waals surface area contributed by atoms with E-state index in [4.69, 9.17) is 5.26 Å². The molecule has 1 saturated heterocycles. The summed E-state index contributed by atoms with van der Waals surface area (Å²) in [4.78, 5) is 24.9. The molecular formula is C28H36N6O. The molecule has 7 nitrogen and oxygen atoms in total. The Morgan fingerprint density at radius 3 is 2.54 bits per heavy atom. The molecule has 0 unspecified atom stereocenters. The lowest BCUT2D eigenvalue weighted by molar-refractivity contribution is -0.0180. The molecule has 0 bridgehead atoms. The number of likely N-dealkylation sites (N-methyl/N-ethyl adjacent to an activating group) is 1. The lowest BCUT2D eigenvalue weighted by atomic mass is 9.69. The van der Waals surface area contributed by atoms with E-state index in [1.54, 1.807) is 0 Å². The second kappa shape index (κ2) is 9.25. The summed E-state index contributed by atoms with van der Waals surface area (Å²) in [6.45, 7) is 9.05. The van der Waals surface area contributed by atoms with Crippen LogP contribution >= 0.6 is 0 Å². The van der Waals surface area contributed by atoms with E-state index in [0.29, 0.717) is 5.41 Å². The summed E-state index contributed by atoms with van der Waals surface area (Å²) < 4.78 is 0. The Balaban J connectivity index is 1.49. The molecule has 3 aliphatic rings. The van der Waals surface area contributed by atoms with Crippen LogP contribution in [0, 0.1) is 16.7 Å². The van der Waals surface area contributed by atoms with Crippen molar-refractivity contribution in [1.29, 1.82) is 5.26 Å². The molecule has 0 atom stereocenters. The molecule has 0 radical (unpaired) electrons. The number of aromatic nitrogens is 2. The minimum Gasteiger partial charge on any atom is -0.326 e. The molecule has 0 spiro atoms. The van der Waals surface area contributed by atoms with E-state index in [2.05, 4.69) is 70.3 Å². The third-order valence-corrected chi connectivity index (χ3v) is 8.32. The lowest BCUT2D eigenvalue weighted by Gasteiger charge is -2.53. The number of benzene rings is 1. The van der Waals surface area contributed by atoms with E-state index >= 15 is 0 Å². The van der Waals surface area contributed by atoms with Crippen LogP contribution in [0.3, 0.4) is 0 Å². The SMILES string of the molecule is CN1CCN(C2(c3ccc(NC(=O)c4ncc(C#N)[nH]4)c(C4=CCC(C)(C)CC4)c3)CCC2)CC1. The fourth-order valence-corrected chi connectivity index (χ4v) is 5.74. The summed E-state index contributed by atoms with van der Waals surface area (Å²) >= 11 is 0. The average molecular weight is 473 g/mol. The van der Waals surface area contributed by atoms with E-state index in [1.807, 2.05) is 6.07 Å². The quantitative estimate of drug-likeness (QED) is 0.655. The molecule has 7 heteroatoms. The first-order valence-electron chi connectivity index (χ1n) is 12.8. The largest absolute Gasteiger partial charge is 0.326 e. The maximum atomic E-state index is 13.0. The summed E-state index contributed by atoms with van der Waals surface area (Å²) in [5.74, 6) is -0.169. The van der Waals surface area contributed by atoms with Crippen LogP contribution in [0.1, 0.15) is 79.8 Å². The van der Waals surface area contributed by atoms with E-state index in [-0.39, 0.29) is 23.0 Å². The standard InChI is InChI=1S/C28H36N6O/c1-27(2)11-7-20(8-12-27)23-17-21(28(9-4-10-28)34-15-13-33(3)14-16-34)5-6-24(23)32-26(35)25-30-19-22(18-29)31-25/h5-7,17,19H,4,8-16H2,1-3H3,(H,30,31)(H,32,35). The topological polar surface area (TPSA) is 88.0 Å². The van der Waals surface area contributed by atoms with Crippen LogP contribution < -0.4 is 5.32 Å². The van der Waals surface area contributed by atoms with Crippen LogP contribution in [0.15, 0.2) is 30.5 Å². The highest BCUT2D eigenvalue weighted by atomic mass is 16.2. The van der Waals surface area contributed by atoms with Gasteiger partial charge in [0.15, 0.2) is 5.82 Å². The third-order valence-electron chi connectivity index (χ3n) is 8.32. The van der Waals surface area contributed by atoms with Gasteiger partial charge in [0, 0.05) is 43.0 Å². The van der Waals surface area contributed by atoms with Crippen LogP contribution in [-0.4, -0.2) is 58.9 Å². The number of nitrogens with one attached hydrogen (secondary N) is 2. The summed E-state index contributed by atoms with van der Waals surface area (Å²) in [7, 11) is 2.20. The molecule has 1 aliphatic heterocycles. The molecule has 5 rings (SSSR count). The first kappa shape index (κ1) is 23.8. The zero-order valence-corrected chi connectivity index (χ0v) is 21.2. The molecule has 35 heavy (non-hydrogen) atoms. The van der Waals surface area contributed by atoms with Crippen LogP contribution in [0.2, 0.25) is 0 Å². The number of nitriles is 1. The Labute approximate surface area is 208 Å². The third kappa shape index (κ3) is 4.65. The summed E-state index contributed by atoms with van der Waals surface area (Å²) in [6.07, 6.45) is 10.6. The minimum absolute atomic E-state index is 0.107. The Bertz CT molecular complexity index is 1170. The second-order valence-corrected chi connectivity index (χ2v) is 11.2. The molecule has 1 aromatic carbocycles. The van der Waals surface area contributed by atoms with E-state index in [9.17, 15) is 4.79 Å². The number of aromatic amines is 1. The number of rotatable bonds is 5. The number of imidazole rings is 1. The van der Waals surface area contributed by atoms with Crippen LogP contribution in [-0.2, 0) is 5.54 Å². The number of nitrogens with zero attached hydrogens (tertiary/aromatic N) is 4. The van der Waals surface area contributed by atoms with Gasteiger partial charge in [-0.3, -0.25) is 9.69 Å². The van der Waals surface area contributed by atoms with Gasteiger partial charge in [0.25, 0.3) is 5.91 Å². The number of allylic oxidation sites excluding steroid dienone is 2. The van der Waals surface area contributed by atoms with Gasteiger partial charge < -0.3 is 15.2 Å². The van der Waals surface area contributed by atoms with Gasteiger partial charge in [-0.2, -0.15) is 5.26 Å². The highest BCUT2D eigenvalue weighted by molar-refractivity contribution is 6.03. The van der Waals surface area contributed by atoms with E-state index in [1.165, 1.54) is 36.6 Å². The van der Waals surface area contributed by atoms with Gasteiger partial charge in [-0.15, -0.1) is 0 Å². The summed E-state index contributed by atoms with van der Waals surface area (Å²) in [5, 5.41) is 12.1. The first-order valence-corrected chi connectivity index (χ1v) is 12.8. The zero-order valence-electron chi connectivity index (χ0n) is 21.2. The second-order valence-electron chi connectivity index (χ2n) is 11.2. The van der Waals surface area contributed by atoms with E-state index in [0.717, 1.165) is 56.7 Å². The van der Waals surface area contributed by atoms with Crippen LogP contribution in [0.25, 0.3) is 5.57 Å². The number of carbonyl (C=O) groups excluding carboxylic acids is 1. The van der Waals surface area contributed by atoms with Crippen molar-refractivity contribution in [1.82, 2.24) is 19.8 Å². The highest BCUT2D eigenvalue weighted by Gasteiger charge is 2.44. The van der Waals surface area contributed by atoms with Gasteiger partial charge in [0.2, 0.25) is 0 Å². The fourth-order valence-electron chi connectivity index (χ4n) is 5.74. The molecular weight excluding hydrogens is 436 g/mol. The summed E-state index contributed by atoms with van der Waals surface area (Å²) in [5.41, 5.74) is 5.31. The van der Waals surface area contributed by atoms with Crippen molar-refractivity contribution in [3.63, 3.8) is 0 Å². The normalized spacial score (nSPS) is 22.1. The number of anilines is 1. The van der Waals surface area contributed by atoms with Crippen molar-refractivity contribution >= 4 is 17.2 Å². The molecule has 1 saturated carbocycles. The molecule has 2 aromatic rings. The predicted molar refractivity (Wildman–Crippen MR) is 138 cm³/mol. The Hall–Kier alpha value is -2.95. The molecule has 2 aliphatic carbocycles. The number of piperazine rings is 1. The molecule has 1 amide bonds. The van der Waals surface area contributed by atoms with Crippen molar-refractivity contribution in [2.45, 2.75) is 57.9 Å². The molecule has 1 aromatic heterocycles. The minimum atomic E-state index is -0.324. The van der Waals surface area contributed by atoms with Crippen molar-refractivity contribution in [2.75, 3.05) is 38.5 Å². The van der Waals surface area contributed by atoms with Gasteiger partial charge in [0.05, 0.1) is 6.20 Å². The van der Waals surface area contributed by atoms with Crippen molar-refractivity contribution in [3.8, 4) is 6.07 Å². The number of amides is 1. The van der Waals surface area contributed by atoms with E-state index < -0.39 is 0 Å². The molecule has 184 valence electrons. The average Bonchev–Trinajstić information content (AvgIpc) is 3.30. The van der Waals surface area contributed by atoms with Crippen molar-refractivity contribution < 1.29 is 4.79 Å². The predicted octanol–water partition coefficient (Wildman–Crippen LogP) is 4.75. The molecule has 2 N–H and O–H groups in total. The highest BCUT2D eigenvalue weighted by Crippen LogP contribution is 2.49. The Morgan fingerprint density at radius 1 is 1.17 bits per heavy atom. The number of hydrogen-bond acceptors (Lipinski definition) is 5. The van der Waals surface area contributed by atoms with Gasteiger partial charge >= 0.3 is 0 Å². The smallest absolute Gasteiger partial charge is 0.291 e. The Kier molecular flexibility index (Phi) is 6.29. The number of carbonyl (C=O) groups is 1. The monoisotopic (exact) mass is 472 g/mol. The maximum Gasteiger partial charge on any atom is 0.291 e. The molecule has 2 fully saturated rings. The van der Waals surface area contributed by atoms with Crippen molar-refractivity contribution in [2.24, 2.45) is 5.41 Å². The molecule has 2 heterocycles. The lowest BCUT2D eigenvalue weighted by Crippen LogP contribution is -2.57. The van der Waals surface area contributed by atoms with Gasteiger partial charge in [-0.1, -0.05) is 26.0 Å².